The minimum atomic E-state index is -0.564. The highest BCUT2D eigenvalue weighted by molar-refractivity contribution is 5.68. The van der Waals surface area contributed by atoms with Crippen LogP contribution in [0.1, 0.15) is 20.8 Å². The second-order valence-corrected chi connectivity index (χ2v) is 6.44. The maximum absolute atomic E-state index is 13.8. The highest BCUT2D eigenvalue weighted by Crippen LogP contribution is 2.32. The highest BCUT2D eigenvalue weighted by atomic mass is 19.1. The van der Waals surface area contributed by atoms with Crippen molar-refractivity contribution in [3.8, 4) is 22.6 Å². The van der Waals surface area contributed by atoms with Crippen molar-refractivity contribution in [1.82, 2.24) is 5.32 Å². The topological polar surface area (TPSA) is 67.8 Å². The molecule has 0 spiro atoms. The molecule has 0 saturated carbocycles. The molecule has 2 aromatic rings. The molecular weight excluding hydrogens is 325 g/mol. The second-order valence-electron chi connectivity index (χ2n) is 6.44. The van der Waals surface area contributed by atoms with Gasteiger partial charge in [-0.15, -0.1) is 0 Å². The fourth-order valence-corrected chi connectivity index (χ4v) is 2.13. The molecule has 0 radical (unpaired) electrons. The smallest absolute Gasteiger partial charge is 0.407 e. The molecule has 134 valence electrons. The summed E-state index contributed by atoms with van der Waals surface area (Å²) in [6, 6.07) is 11.0. The molecule has 25 heavy (non-hydrogen) atoms. The Morgan fingerprint density at radius 1 is 1.20 bits per heavy atom. The van der Waals surface area contributed by atoms with Gasteiger partial charge in [-0.3, -0.25) is 0 Å². The molecule has 0 unspecified atom stereocenters. The summed E-state index contributed by atoms with van der Waals surface area (Å²) in [5.41, 5.74) is 0.386. The zero-order chi connectivity index (χ0) is 18.4. The van der Waals surface area contributed by atoms with E-state index in [1.165, 1.54) is 12.1 Å². The Morgan fingerprint density at radius 2 is 1.92 bits per heavy atom. The van der Waals surface area contributed by atoms with Crippen LogP contribution < -0.4 is 10.1 Å². The lowest BCUT2D eigenvalue weighted by molar-refractivity contribution is 0.0520. The number of benzene rings is 2. The van der Waals surface area contributed by atoms with Crippen molar-refractivity contribution in [1.29, 1.82) is 0 Å². The molecule has 2 N–H and O–H groups in total. The normalized spacial score (nSPS) is 11.0. The first-order valence-electron chi connectivity index (χ1n) is 7.94. The van der Waals surface area contributed by atoms with Crippen LogP contribution in [0.15, 0.2) is 42.5 Å². The van der Waals surface area contributed by atoms with Crippen molar-refractivity contribution in [3.63, 3.8) is 0 Å². The lowest BCUT2D eigenvalue weighted by atomic mass is 10.0. The number of aromatic hydroxyl groups is 1. The van der Waals surface area contributed by atoms with Gasteiger partial charge < -0.3 is 19.9 Å². The van der Waals surface area contributed by atoms with Crippen molar-refractivity contribution in [3.05, 3.63) is 48.3 Å². The first-order valence-corrected chi connectivity index (χ1v) is 7.94. The summed E-state index contributed by atoms with van der Waals surface area (Å²) in [7, 11) is 0. The minimum absolute atomic E-state index is 0.0991. The average Bonchev–Trinajstić information content (AvgIpc) is 2.51. The summed E-state index contributed by atoms with van der Waals surface area (Å²) >= 11 is 0. The second kappa shape index (κ2) is 7.88. The predicted octanol–water partition coefficient (Wildman–Crippen LogP) is 4.10. The van der Waals surface area contributed by atoms with Crippen LogP contribution in [0.25, 0.3) is 11.1 Å². The fourth-order valence-electron chi connectivity index (χ4n) is 2.13. The number of nitrogens with one attached hydrogen (secondary N) is 1. The van der Waals surface area contributed by atoms with Gasteiger partial charge in [0.25, 0.3) is 0 Å². The monoisotopic (exact) mass is 347 g/mol. The van der Waals surface area contributed by atoms with E-state index in [2.05, 4.69) is 5.32 Å². The van der Waals surface area contributed by atoms with Crippen molar-refractivity contribution in [2.45, 2.75) is 26.4 Å². The molecular formula is C19H22FNO4. The van der Waals surface area contributed by atoms with Crippen LogP contribution in [-0.2, 0) is 4.74 Å². The van der Waals surface area contributed by atoms with Gasteiger partial charge in [0, 0.05) is 5.56 Å². The van der Waals surface area contributed by atoms with E-state index in [1.54, 1.807) is 51.1 Å². The molecule has 0 bridgehead atoms. The van der Waals surface area contributed by atoms with E-state index in [0.717, 1.165) is 0 Å². The van der Waals surface area contributed by atoms with Crippen molar-refractivity contribution >= 4 is 6.09 Å². The largest absolute Gasteiger partial charge is 0.504 e. The van der Waals surface area contributed by atoms with Gasteiger partial charge in [0.15, 0.2) is 11.5 Å². The van der Waals surface area contributed by atoms with Gasteiger partial charge in [-0.05, 0) is 44.5 Å². The first kappa shape index (κ1) is 18.6. The number of alkyl carbamates (subject to hydrolysis) is 1. The van der Waals surface area contributed by atoms with Crippen molar-refractivity contribution in [2.75, 3.05) is 13.2 Å². The Balaban J connectivity index is 1.90. The molecule has 6 heteroatoms. The van der Waals surface area contributed by atoms with Crippen molar-refractivity contribution in [2.24, 2.45) is 0 Å². The van der Waals surface area contributed by atoms with Crippen LogP contribution in [0.3, 0.4) is 0 Å². The lowest BCUT2D eigenvalue weighted by Gasteiger charge is -2.19. The van der Waals surface area contributed by atoms with Crippen LogP contribution in [0, 0.1) is 5.82 Å². The number of phenolic OH excluding ortho intramolecular Hbond substituents is 1. The molecule has 0 atom stereocenters. The number of hydrogen-bond acceptors (Lipinski definition) is 4. The van der Waals surface area contributed by atoms with E-state index < -0.39 is 11.7 Å². The number of halogens is 1. The molecule has 0 aliphatic rings. The summed E-state index contributed by atoms with van der Waals surface area (Å²) < 4.78 is 24.3. The van der Waals surface area contributed by atoms with Crippen LogP contribution >= 0.6 is 0 Å². The zero-order valence-corrected chi connectivity index (χ0v) is 14.5. The van der Waals surface area contributed by atoms with Gasteiger partial charge in [0.1, 0.15) is 18.0 Å². The molecule has 5 nitrogen and oxygen atoms in total. The fraction of sp³-hybridized carbons (Fsp3) is 0.316. The van der Waals surface area contributed by atoms with Crippen molar-refractivity contribution < 1.29 is 23.8 Å². The van der Waals surface area contributed by atoms with Gasteiger partial charge in [-0.2, -0.15) is 0 Å². The first-order chi connectivity index (χ1) is 11.8. The van der Waals surface area contributed by atoms with Gasteiger partial charge in [-0.1, -0.05) is 24.3 Å². The lowest BCUT2D eigenvalue weighted by Crippen LogP contribution is -2.34. The molecule has 2 aromatic carbocycles. The van der Waals surface area contributed by atoms with Crippen LogP contribution in [0.2, 0.25) is 0 Å². The standard InChI is InChI=1S/C19H22FNO4/c1-19(2,3)25-18(23)21-10-11-24-17-9-8-13(12-16(17)22)14-6-4-5-7-15(14)20/h4-9,12,22H,10-11H2,1-3H3,(H,21,23). The molecule has 2 rings (SSSR count). The predicted molar refractivity (Wildman–Crippen MR) is 93.2 cm³/mol. The SMILES string of the molecule is CC(C)(C)OC(=O)NCCOc1ccc(-c2ccccc2F)cc1O. The number of carbonyl (C=O) groups is 1. The number of carbonyl (C=O) groups excluding carboxylic acids is 1. The molecule has 0 aromatic heterocycles. The van der Waals surface area contributed by atoms with Crippen LogP contribution in [0.5, 0.6) is 11.5 Å². The number of amides is 1. The molecule has 1 amide bonds. The number of phenols is 1. The molecule has 0 saturated heterocycles. The van der Waals surface area contributed by atoms with E-state index in [9.17, 15) is 14.3 Å². The molecule has 0 aliphatic heterocycles. The van der Waals surface area contributed by atoms with Gasteiger partial charge in [0.2, 0.25) is 0 Å². The number of hydrogen-bond donors (Lipinski definition) is 2. The van der Waals surface area contributed by atoms with E-state index in [1.807, 2.05) is 0 Å². The Kier molecular flexibility index (Phi) is 5.85. The van der Waals surface area contributed by atoms with Crippen LogP contribution in [-0.4, -0.2) is 30.0 Å². The third-order valence-electron chi connectivity index (χ3n) is 3.17. The Bertz CT molecular complexity index is 740. The van der Waals surface area contributed by atoms with E-state index in [4.69, 9.17) is 9.47 Å². The maximum atomic E-state index is 13.8. The summed E-state index contributed by atoms with van der Waals surface area (Å²) in [5.74, 6) is -0.207. The van der Waals surface area contributed by atoms with E-state index in [-0.39, 0.29) is 30.5 Å². The molecule has 0 fully saturated rings. The minimum Gasteiger partial charge on any atom is -0.504 e. The van der Waals surface area contributed by atoms with Gasteiger partial charge >= 0.3 is 6.09 Å². The summed E-state index contributed by atoms with van der Waals surface area (Å²) in [6.45, 7) is 5.71. The maximum Gasteiger partial charge on any atom is 0.407 e. The highest BCUT2D eigenvalue weighted by Gasteiger charge is 2.15. The van der Waals surface area contributed by atoms with Gasteiger partial charge in [-0.25, -0.2) is 9.18 Å². The Hall–Kier alpha value is -2.76. The summed E-state index contributed by atoms with van der Waals surface area (Å²) in [5, 5.41) is 12.6. The average molecular weight is 347 g/mol. The number of rotatable bonds is 5. The van der Waals surface area contributed by atoms with E-state index >= 15 is 0 Å². The number of ether oxygens (including phenoxy) is 2. The van der Waals surface area contributed by atoms with Gasteiger partial charge in [0.05, 0.1) is 6.54 Å². The van der Waals surface area contributed by atoms with E-state index in [0.29, 0.717) is 11.1 Å². The third kappa shape index (κ3) is 5.67. The quantitative estimate of drug-likeness (QED) is 0.799. The Morgan fingerprint density at radius 3 is 2.56 bits per heavy atom. The summed E-state index contributed by atoms with van der Waals surface area (Å²) in [4.78, 5) is 11.5. The Labute approximate surface area is 146 Å². The summed E-state index contributed by atoms with van der Waals surface area (Å²) in [6.07, 6.45) is -0.532. The van der Waals surface area contributed by atoms with Crippen LogP contribution in [0.4, 0.5) is 9.18 Å². The molecule has 0 heterocycles. The zero-order valence-electron chi connectivity index (χ0n) is 14.5. The third-order valence-corrected chi connectivity index (χ3v) is 3.17. The molecule has 0 aliphatic carbocycles.